The predicted octanol–water partition coefficient (Wildman–Crippen LogP) is 1.77. The van der Waals surface area contributed by atoms with Gasteiger partial charge in [-0.15, -0.1) is 0 Å². The zero-order chi connectivity index (χ0) is 13.0. The summed E-state index contributed by atoms with van der Waals surface area (Å²) in [5, 5.41) is 6.96. The molecule has 0 radical (unpaired) electrons. The highest BCUT2D eigenvalue weighted by Crippen LogP contribution is 2.14. The van der Waals surface area contributed by atoms with E-state index in [2.05, 4.69) is 15.2 Å². The van der Waals surface area contributed by atoms with Crippen LogP contribution in [0.3, 0.4) is 0 Å². The van der Waals surface area contributed by atoms with Gasteiger partial charge in [0.15, 0.2) is 10.6 Å². The zero-order valence-corrected chi connectivity index (χ0v) is 11.6. The van der Waals surface area contributed by atoms with Gasteiger partial charge in [-0.05, 0) is 30.8 Å². The average Bonchev–Trinajstić information content (AvgIpc) is 2.72. The molecule has 0 aliphatic carbocycles. The molecule has 0 saturated carbocycles. The van der Waals surface area contributed by atoms with Crippen LogP contribution < -0.4 is 0 Å². The highest BCUT2D eigenvalue weighted by molar-refractivity contribution is 7.84. The van der Waals surface area contributed by atoms with Crippen LogP contribution in [0.1, 0.15) is 6.42 Å². The Bertz CT molecular complexity index is 591. The molecule has 7 heteroatoms. The molecule has 0 fully saturated rings. The van der Waals surface area contributed by atoms with Crippen molar-refractivity contribution in [2.75, 3.05) is 12.0 Å². The number of pyridine rings is 1. The van der Waals surface area contributed by atoms with Crippen molar-refractivity contribution < 1.29 is 4.21 Å². The molecule has 0 aliphatic rings. The van der Waals surface area contributed by atoms with Gasteiger partial charge in [0.1, 0.15) is 5.69 Å². The lowest BCUT2D eigenvalue weighted by Crippen LogP contribution is -2.05. The number of H-pyrrole nitrogens is 1. The highest BCUT2D eigenvalue weighted by atomic mass is 32.2. The monoisotopic (exact) mass is 282 g/mol. The van der Waals surface area contributed by atoms with Crippen LogP contribution in [0.4, 0.5) is 0 Å². The normalized spacial score (nSPS) is 12.5. The van der Waals surface area contributed by atoms with E-state index in [-0.39, 0.29) is 0 Å². The minimum absolute atomic E-state index is 0.567. The molecule has 0 saturated heterocycles. The molecule has 2 aromatic rings. The summed E-state index contributed by atoms with van der Waals surface area (Å²) >= 11 is 5.19. The molecule has 0 spiro atoms. The first-order valence-corrected chi connectivity index (χ1v) is 7.68. The topological polar surface area (TPSA) is 63.6 Å². The maximum Gasteiger partial charge on any atom is 0.195 e. The van der Waals surface area contributed by atoms with Crippen LogP contribution in [0, 0.1) is 4.77 Å². The van der Waals surface area contributed by atoms with E-state index in [1.807, 2.05) is 22.8 Å². The highest BCUT2D eigenvalue weighted by Gasteiger charge is 2.09. The van der Waals surface area contributed by atoms with Gasteiger partial charge in [-0.3, -0.25) is 18.9 Å². The van der Waals surface area contributed by atoms with Crippen molar-refractivity contribution in [3.8, 4) is 11.5 Å². The molecular formula is C11H14N4OS2. The molecule has 0 aliphatic heterocycles. The number of aromatic nitrogens is 4. The Kier molecular flexibility index (Phi) is 4.38. The van der Waals surface area contributed by atoms with Crippen molar-refractivity contribution >= 4 is 23.0 Å². The van der Waals surface area contributed by atoms with Gasteiger partial charge >= 0.3 is 0 Å². The number of hydrogen-bond acceptors (Lipinski definition) is 4. The third kappa shape index (κ3) is 3.11. The molecule has 5 nitrogen and oxygen atoms in total. The van der Waals surface area contributed by atoms with E-state index < -0.39 is 10.8 Å². The van der Waals surface area contributed by atoms with Gasteiger partial charge < -0.3 is 0 Å². The van der Waals surface area contributed by atoms with Crippen molar-refractivity contribution in [3.63, 3.8) is 0 Å². The largest absolute Gasteiger partial charge is 0.299 e. The van der Waals surface area contributed by atoms with E-state index in [9.17, 15) is 4.21 Å². The summed E-state index contributed by atoms with van der Waals surface area (Å²) in [5.74, 6) is 1.39. The predicted molar refractivity (Wildman–Crippen MR) is 74.2 cm³/mol. The summed E-state index contributed by atoms with van der Waals surface area (Å²) in [6, 6.07) is 5.65. The second-order valence-electron chi connectivity index (χ2n) is 3.85. The SMILES string of the molecule is CS(=O)CCCn1c(-c2ccccn2)n[nH]c1=S. The summed E-state index contributed by atoms with van der Waals surface area (Å²) in [6.07, 6.45) is 4.23. The zero-order valence-electron chi connectivity index (χ0n) is 10.00. The maximum absolute atomic E-state index is 11.1. The van der Waals surface area contributed by atoms with Gasteiger partial charge in [0.25, 0.3) is 0 Å². The lowest BCUT2D eigenvalue weighted by Gasteiger charge is -2.05. The Balaban J connectivity index is 2.22. The van der Waals surface area contributed by atoms with Crippen LogP contribution in [-0.4, -0.2) is 36.0 Å². The minimum atomic E-state index is -0.778. The fourth-order valence-electron chi connectivity index (χ4n) is 1.64. The van der Waals surface area contributed by atoms with Crippen molar-refractivity contribution in [2.24, 2.45) is 0 Å². The van der Waals surface area contributed by atoms with Crippen molar-refractivity contribution in [1.29, 1.82) is 0 Å². The second kappa shape index (κ2) is 6.01. The number of aromatic amines is 1. The van der Waals surface area contributed by atoms with E-state index in [1.54, 1.807) is 12.5 Å². The van der Waals surface area contributed by atoms with Gasteiger partial charge in [-0.25, -0.2) is 0 Å². The molecule has 2 heterocycles. The van der Waals surface area contributed by atoms with Crippen LogP contribution in [0.25, 0.3) is 11.5 Å². The first kappa shape index (κ1) is 13.1. The van der Waals surface area contributed by atoms with Gasteiger partial charge in [-0.1, -0.05) is 6.07 Å². The molecule has 18 heavy (non-hydrogen) atoms. The molecule has 0 aromatic carbocycles. The van der Waals surface area contributed by atoms with E-state index >= 15 is 0 Å². The molecule has 96 valence electrons. The van der Waals surface area contributed by atoms with Crippen LogP contribution in [0.2, 0.25) is 0 Å². The minimum Gasteiger partial charge on any atom is -0.299 e. The summed E-state index contributed by atoms with van der Waals surface area (Å²) in [4.78, 5) is 4.26. The standard InChI is InChI=1S/C11H14N4OS2/c1-18(16)8-4-7-15-10(13-14-11(15)17)9-5-2-3-6-12-9/h2-3,5-6H,4,7-8H2,1H3,(H,14,17). The van der Waals surface area contributed by atoms with Gasteiger partial charge in [0, 0.05) is 35.5 Å². The number of nitrogens with one attached hydrogen (secondary N) is 1. The number of nitrogens with zero attached hydrogens (tertiary/aromatic N) is 3. The van der Waals surface area contributed by atoms with Gasteiger partial charge in [0.2, 0.25) is 0 Å². The summed E-state index contributed by atoms with van der Waals surface area (Å²) in [6.45, 7) is 0.695. The Hall–Kier alpha value is -1.34. The van der Waals surface area contributed by atoms with Crippen LogP contribution in [0.15, 0.2) is 24.4 Å². The van der Waals surface area contributed by atoms with Crippen LogP contribution in [-0.2, 0) is 17.3 Å². The molecule has 2 aromatic heterocycles. The fraction of sp³-hybridized carbons (Fsp3) is 0.364. The first-order valence-electron chi connectivity index (χ1n) is 5.55. The van der Waals surface area contributed by atoms with Crippen LogP contribution in [0.5, 0.6) is 0 Å². The Morgan fingerprint density at radius 2 is 2.33 bits per heavy atom. The van der Waals surface area contributed by atoms with E-state index in [0.29, 0.717) is 17.1 Å². The smallest absolute Gasteiger partial charge is 0.195 e. The summed E-state index contributed by atoms with van der Waals surface area (Å²) in [7, 11) is -0.778. The van der Waals surface area contributed by atoms with E-state index in [4.69, 9.17) is 12.2 Å². The molecule has 1 N–H and O–H groups in total. The van der Waals surface area contributed by atoms with Gasteiger partial charge in [-0.2, -0.15) is 5.10 Å². The Labute approximate surface area is 113 Å². The first-order chi connectivity index (χ1) is 8.68. The Morgan fingerprint density at radius 1 is 1.50 bits per heavy atom. The maximum atomic E-state index is 11.1. The number of hydrogen-bond donors (Lipinski definition) is 1. The summed E-state index contributed by atoms with van der Waals surface area (Å²) in [5.41, 5.74) is 0.780. The molecule has 2 rings (SSSR count). The molecule has 0 amide bonds. The van der Waals surface area contributed by atoms with Gasteiger partial charge in [0.05, 0.1) is 0 Å². The quantitative estimate of drug-likeness (QED) is 0.849. The van der Waals surface area contributed by atoms with E-state index in [1.165, 1.54) is 0 Å². The van der Waals surface area contributed by atoms with E-state index in [0.717, 1.165) is 17.9 Å². The molecule has 1 atom stereocenters. The number of rotatable bonds is 5. The Morgan fingerprint density at radius 3 is 3.00 bits per heavy atom. The molecular weight excluding hydrogens is 268 g/mol. The van der Waals surface area contributed by atoms with Crippen molar-refractivity contribution in [2.45, 2.75) is 13.0 Å². The average molecular weight is 282 g/mol. The third-order valence-electron chi connectivity index (χ3n) is 2.47. The molecule has 1 unspecified atom stereocenters. The van der Waals surface area contributed by atoms with Crippen LogP contribution >= 0.6 is 12.2 Å². The lowest BCUT2D eigenvalue weighted by atomic mass is 10.3. The second-order valence-corrected chi connectivity index (χ2v) is 5.79. The third-order valence-corrected chi connectivity index (χ3v) is 3.64. The summed E-state index contributed by atoms with van der Waals surface area (Å²) < 4.78 is 13.5. The fourth-order valence-corrected chi connectivity index (χ4v) is 2.40. The van der Waals surface area contributed by atoms with Crippen molar-refractivity contribution in [1.82, 2.24) is 19.7 Å². The lowest BCUT2D eigenvalue weighted by molar-refractivity contribution is 0.658. The molecule has 0 bridgehead atoms. The van der Waals surface area contributed by atoms with Crippen molar-refractivity contribution in [3.05, 3.63) is 29.2 Å².